The SMILES string of the molecule is Cc1cc(C)c(C(C)N[C@H](CO)C(C)C)c(C)n1. The first kappa shape index (κ1) is 15.1. The predicted molar refractivity (Wildman–Crippen MR) is 75.7 cm³/mol. The Morgan fingerprint density at radius 2 is 1.83 bits per heavy atom. The van der Waals surface area contributed by atoms with Crippen LogP contribution in [0.1, 0.15) is 49.3 Å². The zero-order chi connectivity index (χ0) is 13.9. The molecule has 0 aliphatic carbocycles. The molecule has 0 aliphatic heterocycles. The lowest BCUT2D eigenvalue weighted by Gasteiger charge is -2.26. The molecule has 0 saturated carbocycles. The second-order valence-electron chi connectivity index (χ2n) is 5.50. The largest absolute Gasteiger partial charge is 0.395 e. The number of nitrogens with one attached hydrogen (secondary N) is 1. The van der Waals surface area contributed by atoms with Crippen molar-refractivity contribution in [2.24, 2.45) is 5.92 Å². The van der Waals surface area contributed by atoms with Gasteiger partial charge in [-0.25, -0.2) is 0 Å². The lowest BCUT2D eigenvalue weighted by molar-refractivity contribution is 0.201. The number of aromatic nitrogens is 1. The van der Waals surface area contributed by atoms with E-state index >= 15 is 0 Å². The second-order valence-corrected chi connectivity index (χ2v) is 5.50. The minimum atomic E-state index is 0.125. The molecule has 0 bridgehead atoms. The maximum absolute atomic E-state index is 9.40. The van der Waals surface area contributed by atoms with Crippen molar-refractivity contribution in [3.63, 3.8) is 0 Å². The Bertz CT molecular complexity index is 378. The molecule has 3 heteroatoms. The number of hydrogen-bond donors (Lipinski definition) is 2. The fourth-order valence-corrected chi connectivity index (χ4v) is 2.55. The summed E-state index contributed by atoms with van der Waals surface area (Å²) >= 11 is 0. The Hall–Kier alpha value is -0.930. The quantitative estimate of drug-likeness (QED) is 0.844. The van der Waals surface area contributed by atoms with Crippen LogP contribution in [0.5, 0.6) is 0 Å². The van der Waals surface area contributed by atoms with Crippen LogP contribution in [-0.2, 0) is 0 Å². The average Bonchev–Trinajstić information content (AvgIpc) is 2.23. The summed E-state index contributed by atoms with van der Waals surface area (Å²) in [7, 11) is 0. The number of aryl methyl sites for hydroxylation is 3. The monoisotopic (exact) mass is 250 g/mol. The van der Waals surface area contributed by atoms with Gasteiger partial charge in [0.15, 0.2) is 0 Å². The number of aliphatic hydroxyl groups is 1. The van der Waals surface area contributed by atoms with Gasteiger partial charge >= 0.3 is 0 Å². The van der Waals surface area contributed by atoms with Crippen LogP contribution in [0.3, 0.4) is 0 Å². The van der Waals surface area contributed by atoms with Crippen LogP contribution in [0, 0.1) is 26.7 Å². The summed E-state index contributed by atoms with van der Waals surface area (Å²) in [5.74, 6) is 0.413. The topological polar surface area (TPSA) is 45.1 Å². The van der Waals surface area contributed by atoms with Crippen LogP contribution in [0.2, 0.25) is 0 Å². The molecule has 2 atom stereocenters. The van der Waals surface area contributed by atoms with Crippen molar-refractivity contribution in [1.29, 1.82) is 0 Å². The fourth-order valence-electron chi connectivity index (χ4n) is 2.55. The number of nitrogens with zero attached hydrogens (tertiary/aromatic N) is 1. The predicted octanol–water partition coefficient (Wildman–Crippen LogP) is 2.67. The third kappa shape index (κ3) is 3.53. The third-order valence-corrected chi connectivity index (χ3v) is 3.48. The summed E-state index contributed by atoms with van der Waals surface area (Å²) in [6.07, 6.45) is 0. The first-order valence-corrected chi connectivity index (χ1v) is 6.68. The standard InChI is InChI=1S/C15H26N2O/c1-9(2)14(8-18)17-13(6)15-10(3)7-11(4)16-12(15)5/h7,9,13-14,17-18H,8H2,1-6H3/t13?,14-/m1/s1. The lowest BCUT2D eigenvalue weighted by Crippen LogP contribution is -2.39. The summed E-state index contributed by atoms with van der Waals surface area (Å²) in [6.45, 7) is 12.7. The highest BCUT2D eigenvalue weighted by molar-refractivity contribution is 5.33. The van der Waals surface area contributed by atoms with Gasteiger partial charge in [-0.3, -0.25) is 4.98 Å². The Balaban J connectivity index is 2.94. The smallest absolute Gasteiger partial charge is 0.0587 e. The molecular weight excluding hydrogens is 224 g/mol. The van der Waals surface area contributed by atoms with Gasteiger partial charge in [-0.1, -0.05) is 13.8 Å². The number of hydrogen-bond acceptors (Lipinski definition) is 3. The van der Waals surface area contributed by atoms with E-state index in [1.165, 1.54) is 11.1 Å². The van der Waals surface area contributed by atoms with E-state index in [9.17, 15) is 5.11 Å². The third-order valence-electron chi connectivity index (χ3n) is 3.48. The first-order valence-electron chi connectivity index (χ1n) is 6.68. The second kappa shape index (κ2) is 6.30. The highest BCUT2D eigenvalue weighted by Crippen LogP contribution is 2.22. The molecule has 18 heavy (non-hydrogen) atoms. The lowest BCUT2D eigenvalue weighted by atomic mass is 9.97. The summed E-state index contributed by atoms with van der Waals surface area (Å²) < 4.78 is 0. The average molecular weight is 250 g/mol. The van der Waals surface area contributed by atoms with Crippen molar-refractivity contribution in [1.82, 2.24) is 10.3 Å². The fraction of sp³-hybridized carbons (Fsp3) is 0.667. The molecule has 0 amide bonds. The van der Waals surface area contributed by atoms with Crippen molar-refractivity contribution in [3.05, 3.63) is 28.6 Å². The van der Waals surface area contributed by atoms with Crippen molar-refractivity contribution in [2.75, 3.05) is 6.61 Å². The molecular formula is C15H26N2O. The molecule has 0 aromatic carbocycles. The van der Waals surface area contributed by atoms with E-state index in [0.717, 1.165) is 11.4 Å². The van der Waals surface area contributed by atoms with Crippen LogP contribution < -0.4 is 5.32 Å². The van der Waals surface area contributed by atoms with E-state index in [1.807, 2.05) is 6.92 Å². The first-order chi connectivity index (χ1) is 8.36. The molecule has 1 unspecified atom stereocenters. The van der Waals surface area contributed by atoms with Crippen LogP contribution in [-0.4, -0.2) is 22.7 Å². The van der Waals surface area contributed by atoms with E-state index in [2.05, 4.69) is 51.0 Å². The molecule has 1 rings (SSSR count). The van der Waals surface area contributed by atoms with Gasteiger partial charge in [0.2, 0.25) is 0 Å². The van der Waals surface area contributed by atoms with Gasteiger partial charge in [0, 0.05) is 23.5 Å². The molecule has 0 spiro atoms. The Labute approximate surface area is 111 Å². The molecule has 1 heterocycles. The van der Waals surface area contributed by atoms with Crippen LogP contribution in [0.4, 0.5) is 0 Å². The maximum Gasteiger partial charge on any atom is 0.0587 e. The van der Waals surface area contributed by atoms with Gasteiger partial charge in [0.25, 0.3) is 0 Å². The minimum Gasteiger partial charge on any atom is -0.395 e. The highest BCUT2D eigenvalue weighted by Gasteiger charge is 2.18. The normalized spacial score (nSPS) is 14.9. The van der Waals surface area contributed by atoms with Crippen molar-refractivity contribution in [3.8, 4) is 0 Å². The van der Waals surface area contributed by atoms with Gasteiger partial charge in [-0.15, -0.1) is 0 Å². The molecule has 0 radical (unpaired) electrons. The van der Waals surface area contributed by atoms with E-state index in [-0.39, 0.29) is 18.7 Å². The molecule has 0 aliphatic rings. The summed E-state index contributed by atoms with van der Waals surface area (Å²) in [6, 6.07) is 2.45. The molecule has 0 fully saturated rings. The van der Waals surface area contributed by atoms with Crippen LogP contribution >= 0.6 is 0 Å². The minimum absolute atomic E-state index is 0.125. The molecule has 1 aromatic heterocycles. The molecule has 102 valence electrons. The van der Waals surface area contributed by atoms with E-state index < -0.39 is 0 Å². The Morgan fingerprint density at radius 3 is 2.28 bits per heavy atom. The van der Waals surface area contributed by atoms with E-state index in [1.54, 1.807) is 0 Å². The number of pyridine rings is 1. The zero-order valence-corrected chi connectivity index (χ0v) is 12.4. The maximum atomic E-state index is 9.40. The molecule has 3 nitrogen and oxygen atoms in total. The van der Waals surface area contributed by atoms with Crippen molar-refractivity contribution >= 4 is 0 Å². The van der Waals surface area contributed by atoms with Gasteiger partial charge in [0.05, 0.1) is 6.61 Å². The zero-order valence-electron chi connectivity index (χ0n) is 12.4. The summed E-state index contributed by atoms with van der Waals surface area (Å²) in [5.41, 5.74) is 4.65. The highest BCUT2D eigenvalue weighted by atomic mass is 16.3. The molecule has 0 saturated heterocycles. The Kier molecular flexibility index (Phi) is 5.29. The van der Waals surface area contributed by atoms with Gasteiger partial charge < -0.3 is 10.4 Å². The summed E-state index contributed by atoms with van der Waals surface area (Å²) in [4.78, 5) is 4.53. The van der Waals surface area contributed by atoms with Crippen molar-refractivity contribution in [2.45, 2.75) is 53.6 Å². The van der Waals surface area contributed by atoms with Crippen LogP contribution in [0.15, 0.2) is 6.07 Å². The number of rotatable bonds is 5. The number of aliphatic hydroxyl groups excluding tert-OH is 1. The summed E-state index contributed by atoms with van der Waals surface area (Å²) in [5, 5.41) is 12.9. The Morgan fingerprint density at radius 1 is 1.22 bits per heavy atom. The van der Waals surface area contributed by atoms with E-state index in [4.69, 9.17) is 0 Å². The molecule has 2 N–H and O–H groups in total. The van der Waals surface area contributed by atoms with Crippen molar-refractivity contribution < 1.29 is 5.11 Å². The van der Waals surface area contributed by atoms with Crippen LogP contribution in [0.25, 0.3) is 0 Å². The van der Waals surface area contributed by atoms with E-state index in [0.29, 0.717) is 5.92 Å². The van der Waals surface area contributed by atoms with Gasteiger partial charge in [-0.05, 0) is 50.8 Å². The van der Waals surface area contributed by atoms with Gasteiger partial charge in [0.1, 0.15) is 0 Å². The molecule has 1 aromatic rings. The van der Waals surface area contributed by atoms with Gasteiger partial charge in [-0.2, -0.15) is 0 Å².